The predicted molar refractivity (Wildman–Crippen MR) is 89.8 cm³/mol. The summed E-state index contributed by atoms with van der Waals surface area (Å²) >= 11 is 11.9. The van der Waals surface area contributed by atoms with Crippen LogP contribution in [-0.4, -0.2) is 20.1 Å². The fourth-order valence-corrected chi connectivity index (χ4v) is 3.44. The summed E-state index contributed by atoms with van der Waals surface area (Å²) in [6.07, 6.45) is 0. The lowest BCUT2D eigenvalue weighted by molar-refractivity contribution is -0.114. The van der Waals surface area contributed by atoms with Crippen LogP contribution < -0.4 is 10.0 Å². The van der Waals surface area contributed by atoms with Crippen LogP contribution in [-0.2, 0) is 21.4 Å². The Bertz CT molecular complexity index is 989. The van der Waals surface area contributed by atoms with E-state index in [0.717, 1.165) is 6.07 Å². The van der Waals surface area contributed by atoms with E-state index in [1.54, 1.807) is 12.1 Å². The van der Waals surface area contributed by atoms with Crippen molar-refractivity contribution in [1.29, 1.82) is 0 Å². The number of fused-ring (bicyclic) bond motifs is 1. The fourth-order valence-electron chi connectivity index (χ4n) is 2.43. The van der Waals surface area contributed by atoms with Gasteiger partial charge in [0.2, 0.25) is 10.0 Å². The van der Waals surface area contributed by atoms with E-state index < -0.39 is 21.7 Å². The van der Waals surface area contributed by atoms with Crippen LogP contribution in [0.4, 0.5) is 5.69 Å². The Kier molecular flexibility index (Phi) is 4.13. The summed E-state index contributed by atoms with van der Waals surface area (Å²) < 4.78 is 22.8. The first kappa shape index (κ1) is 16.9. The summed E-state index contributed by atoms with van der Waals surface area (Å²) in [7, 11) is -3.97. The highest BCUT2D eigenvalue weighted by Crippen LogP contribution is 2.33. The molecule has 2 N–H and O–H groups in total. The van der Waals surface area contributed by atoms with Crippen molar-refractivity contribution in [3.8, 4) is 0 Å². The second kappa shape index (κ2) is 5.86. The average molecular weight is 385 g/mol. The third-order valence-electron chi connectivity index (χ3n) is 3.61. The number of rotatable bonds is 3. The minimum Gasteiger partial charge on any atom is -0.300 e. The number of benzene rings is 2. The van der Waals surface area contributed by atoms with Gasteiger partial charge in [-0.2, -0.15) is 0 Å². The molecule has 0 saturated heterocycles. The van der Waals surface area contributed by atoms with E-state index in [2.05, 4.69) is 0 Å². The number of nitrogens with two attached hydrogens (primary N) is 1. The maximum Gasteiger partial charge on any atom is 0.299 e. The Hall–Kier alpha value is -1.93. The minimum absolute atomic E-state index is 0.00314. The molecule has 0 aliphatic carbocycles. The van der Waals surface area contributed by atoms with E-state index in [1.807, 2.05) is 0 Å². The molecule has 0 bridgehead atoms. The van der Waals surface area contributed by atoms with Gasteiger partial charge in [0.1, 0.15) is 0 Å². The van der Waals surface area contributed by atoms with Gasteiger partial charge in [-0.3, -0.25) is 9.59 Å². The van der Waals surface area contributed by atoms with Crippen molar-refractivity contribution < 1.29 is 18.0 Å². The maximum atomic E-state index is 12.2. The van der Waals surface area contributed by atoms with Crippen LogP contribution in [0.5, 0.6) is 0 Å². The molecule has 1 aliphatic rings. The Morgan fingerprint density at radius 1 is 1.04 bits per heavy atom. The number of Topliss-reactive ketones (excluding diaryl/α,β-unsaturated/α-hetero) is 1. The number of sulfonamides is 1. The van der Waals surface area contributed by atoms with Crippen LogP contribution in [0.1, 0.15) is 15.9 Å². The lowest BCUT2D eigenvalue weighted by Crippen LogP contribution is -2.29. The maximum absolute atomic E-state index is 12.2. The normalized spacial score (nSPS) is 14.2. The molecule has 1 aliphatic heterocycles. The quantitative estimate of drug-likeness (QED) is 0.821. The topological polar surface area (TPSA) is 97.5 Å². The van der Waals surface area contributed by atoms with E-state index in [9.17, 15) is 18.0 Å². The molecule has 0 atom stereocenters. The lowest BCUT2D eigenvalue weighted by atomic mass is 10.1. The first-order valence-corrected chi connectivity index (χ1v) is 8.95. The van der Waals surface area contributed by atoms with E-state index in [1.165, 1.54) is 23.1 Å². The molecular weight excluding hydrogens is 375 g/mol. The van der Waals surface area contributed by atoms with Gasteiger partial charge in [0, 0.05) is 10.0 Å². The summed E-state index contributed by atoms with van der Waals surface area (Å²) in [6.45, 7) is 0.0578. The number of primary sulfonamides is 1. The van der Waals surface area contributed by atoms with Gasteiger partial charge in [-0.25, -0.2) is 13.6 Å². The largest absolute Gasteiger partial charge is 0.300 e. The molecule has 0 unspecified atom stereocenters. The number of amides is 1. The Balaban J connectivity index is 2.03. The third-order valence-corrected chi connectivity index (χ3v) is 5.11. The zero-order valence-electron chi connectivity index (χ0n) is 12.0. The number of halogens is 2. The monoisotopic (exact) mass is 384 g/mol. The van der Waals surface area contributed by atoms with Gasteiger partial charge < -0.3 is 4.90 Å². The molecule has 124 valence electrons. The lowest BCUT2D eigenvalue weighted by Gasteiger charge is -2.17. The average Bonchev–Trinajstić information content (AvgIpc) is 2.73. The number of hydrogen-bond acceptors (Lipinski definition) is 4. The molecule has 0 saturated carbocycles. The summed E-state index contributed by atoms with van der Waals surface area (Å²) in [6, 6.07) is 8.54. The number of hydrogen-bond donors (Lipinski definition) is 1. The molecule has 0 fully saturated rings. The molecule has 0 spiro atoms. The van der Waals surface area contributed by atoms with Crippen LogP contribution in [0.15, 0.2) is 41.3 Å². The van der Waals surface area contributed by atoms with E-state index in [-0.39, 0.29) is 17.0 Å². The van der Waals surface area contributed by atoms with Crippen LogP contribution in [0.2, 0.25) is 10.0 Å². The summed E-state index contributed by atoms with van der Waals surface area (Å²) in [5, 5.41) is 5.86. The molecule has 9 heteroatoms. The number of carbonyl (C=O) groups is 2. The number of nitrogens with zero attached hydrogens (tertiary/aromatic N) is 1. The summed E-state index contributed by atoms with van der Waals surface area (Å²) in [4.78, 5) is 25.4. The van der Waals surface area contributed by atoms with Crippen LogP contribution in [0.25, 0.3) is 0 Å². The van der Waals surface area contributed by atoms with Crippen LogP contribution in [0, 0.1) is 0 Å². The number of anilines is 1. The molecule has 24 heavy (non-hydrogen) atoms. The van der Waals surface area contributed by atoms with Crippen molar-refractivity contribution >= 4 is 50.6 Å². The van der Waals surface area contributed by atoms with Gasteiger partial charge in [0.05, 0.1) is 22.7 Å². The van der Waals surface area contributed by atoms with Gasteiger partial charge in [-0.05, 0) is 35.9 Å². The van der Waals surface area contributed by atoms with Gasteiger partial charge in [0.15, 0.2) is 0 Å². The molecule has 1 heterocycles. The predicted octanol–water partition coefficient (Wildman–Crippen LogP) is 2.37. The molecule has 0 aromatic heterocycles. The fraction of sp³-hybridized carbons (Fsp3) is 0.0667. The zero-order valence-corrected chi connectivity index (χ0v) is 14.3. The van der Waals surface area contributed by atoms with Crippen molar-refractivity contribution in [2.45, 2.75) is 11.4 Å². The van der Waals surface area contributed by atoms with E-state index in [0.29, 0.717) is 21.3 Å². The second-order valence-corrected chi connectivity index (χ2v) is 7.59. The Labute approximate surface area is 147 Å². The highest BCUT2D eigenvalue weighted by molar-refractivity contribution is 7.89. The van der Waals surface area contributed by atoms with E-state index in [4.69, 9.17) is 28.3 Å². The van der Waals surface area contributed by atoms with Gasteiger partial charge in [-0.15, -0.1) is 0 Å². The Morgan fingerprint density at radius 2 is 1.75 bits per heavy atom. The van der Waals surface area contributed by atoms with Crippen molar-refractivity contribution in [2.75, 3.05) is 4.90 Å². The Morgan fingerprint density at radius 3 is 2.38 bits per heavy atom. The van der Waals surface area contributed by atoms with Gasteiger partial charge >= 0.3 is 0 Å². The second-order valence-electron chi connectivity index (χ2n) is 5.18. The zero-order chi connectivity index (χ0) is 17.6. The molecule has 1 amide bonds. The summed E-state index contributed by atoms with van der Waals surface area (Å²) in [5.41, 5.74) is 0.908. The van der Waals surface area contributed by atoms with Crippen LogP contribution in [0.3, 0.4) is 0 Å². The molecule has 2 aromatic carbocycles. The highest BCUT2D eigenvalue weighted by Gasteiger charge is 2.36. The standard InChI is InChI=1S/C15H10Cl2N2O4S/c16-9-2-1-8(12(17)5-9)7-19-13-4-3-10(24(18,22)23)6-11(13)14(20)15(19)21/h1-6H,7H2,(H2,18,22,23). The molecule has 2 aromatic rings. The minimum atomic E-state index is -3.97. The first-order valence-electron chi connectivity index (χ1n) is 6.65. The molecular formula is C15H10Cl2N2O4S. The van der Waals surface area contributed by atoms with Crippen molar-refractivity contribution in [3.63, 3.8) is 0 Å². The number of ketones is 1. The molecule has 3 rings (SSSR count). The third kappa shape index (κ3) is 2.91. The van der Waals surface area contributed by atoms with E-state index >= 15 is 0 Å². The van der Waals surface area contributed by atoms with Gasteiger partial charge in [-0.1, -0.05) is 29.3 Å². The smallest absolute Gasteiger partial charge is 0.299 e. The number of carbonyl (C=O) groups excluding carboxylic acids is 2. The van der Waals surface area contributed by atoms with Crippen molar-refractivity contribution in [2.24, 2.45) is 5.14 Å². The van der Waals surface area contributed by atoms with Gasteiger partial charge in [0.25, 0.3) is 11.7 Å². The van der Waals surface area contributed by atoms with Crippen LogP contribution >= 0.6 is 23.2 Å². The summed E-state index contributed by atoms with van der Waals surface area (Å²) in [5.74, 6) is -1.55. The molecule has 0 radical (unpaired) electrons. The molecule has 6 nitrogen and oxygen atoms in total. The highest BCUT2D eigenvalue weighted by atomic mass is 35.5. The van der Waals surface area contributed by atoms with Crippen molar-refractivity contribution in [1.82, 2.24) is 0 Å². The van der Waals surface area contributed by atoms with Crippen molar-refractivity contribution in [3.05, 3.63) is 57.6 Å². The first-order chi connectivity index (χ1) is 11.2. The SMILES string of the molecule is NS(=O)(=O)c1ccc2c(c1)C(=O)C(=O)N2Cc1ccc(Cl)cc1Cl.